The number of ether oxygens (including phenoxy) is 4. The molecule has 1 rings (SSSR count). The Bertz CT molecular complexity index is 889. The van der Waals surface area contributed by atoms with E-state index in [0.29, 0.717) is 23.8 Å². The van der Waals surface area contributed by atoms with Gasteiger partial charge in [0.25, 0.3) is 0 Å². The SMILES string of the molecule is CCOC(=O)/C(C)=C/CC/C=C/C(C)=C/[C@H](C)[C@@H](OC)[C@H](C[C@H](C)Cc1cc(N)cc(OC)c1)OC. The molecular formula is C30H47NO5. The average Bonchev–Trinajstić information content (AvgIpc) is 2.82. The topological polar surface area (TPSA) is 80.0 Å². The second kappa shape index (κ2) is 17.0. The summed E-state index contributed by atoms with van der Waals surface area (Å²) in [6, 6.07) is 5.88. The Morgan fingerprint density at radius 3 is 2.39 bits per heavy atom. The van der Waals surface area contributed by atoms with Crippen LogP contribution in [-0.4, -0.2) is 46.1 Å². The second-order valence-corrected chi connectivity index (χ2v) is 9.49. The summed E-state index contributed by atoms with van der Waals surface area (Å²) in [5, 5.41) is 0. The van der Waals surface area contributed by atoms with E-state index < -0.39 is 0 Å². The number of nitrogens with two attached hydrogens (primary N) is 1. The van der Waals surface area contributed by atoms with Gasteiger partial charge in [-0.25, -0.2) is 4.79 Å². The number of benzene rings is 1. The van der Waals surface area contributed by atoms with E-state index in [1.165, 1.54) is 5.57 Å². The zero-order chi connectivity index (χ0) is 27.1. The van der Waals surface area contributed by atoms with Crippen LogP contribution < -0.4 is 10.5 Å². The van der Waals surface area contributed by atoms with Gasteiger partial charge in [0, 0.05) is 37.5 Å². The van der Waals surface area contributed by atoms with Crippen LogP contribution in [0.25, 0.3) is 0 Å². The van der Waals surface area contributed by atoms with E-state index in [9.17, 15) is 4.79 Å². The van der Waals surface area contributed by atoms with Crippen molar-refractivity contribution >= 4 is 11.7 Å². The van der Waals surface area contributed by atoms with Gasteiger partial charge >= 0.3 is 5.97 Å². The predicted octanol–water partition coefficient (Wildman–Crippen LogP) is 6.30. The van der Waals surface area contributed by atoms with Crippen LogP contribution in [0, 0.1) is 11.8 Å². The smallest absolute Gasteiger partial charge is 0.333 e. The van der Waals surface area contributed by atoms with Crippen LogP contribution in [0.15, 0.2) is 53.6 Å². The second-order valence-electron chi connectivity index (χ2n) is 9.49. The lowest BCUT2D eigenvalue weighted by Crippen LogP contribution is -2.36. The van der Waals surface area contributed by atoms with Crippen molar-refractivity contribution in [2.75, 3.05) is 33.7 Å². The lowest BCUT2D eigenvalue weighted by atomic mass is 9.88. The maximum absolute atomic E-state index is 11.7. The van der Waals surface area contributed by atoms with Crippen LogP contribution >= 0.6 is 0 Å². The Hall–Kier alpha value is -2.57. The molecule has 1 aromatic rings. The highest BCUT2D eigenvalue weighted by Crippen LogP contribution is 2.26. The van der Waals surface area contributed by atoms with E-state index in [1.54, 1.807) is 28.3 Å². The molecule has 6 nitrogen and oxygen atoms in total. The number of esters is 1. The lowest BCUT2D eigenvalue weighted by Gasteiger charge is -2.30. The van der Waals surface area contributed by atoms with E-state index in [0.717, 1.165) is 37.0 Å². The fourth-order valence-electron chi connectivity index (χ4n) is 4.43. The minimum Gasteiger partial charge on any atom is -0.497 e. The van der Waals surface area contributed by atoms with Gasteiger partial charge in [0.05, 0.1) is 25.9 Å². The van der Waals surface area contributed by atoms with Crippen molar-refractivity contribution in [2.24, 2.45) is 11.8 Å². The zero-order valence-electron chi connectivity index (χ0n) is 23.5. The molecule has 2 N–H and O–H groups in total. The molecule has 36 heavy (non-hydrogen) atoms. The Labute approximate surface area is 218 Å². The van der Waals surface area contributed by atoms with Crippen molar-refractivity contribution in [3.05, 3.63) is 59.2 Å². The molecule has 0 fully saturated rings. The van der Waals surface area contributed by atoms with E-state index in [-0.39, 0.29) is 24.1 Å². The summed E-state index contributed by atoms with van der Waals surface area (Å²) in [5.74, 6) is 1.09. The Morgan fingerprint density at radius 1 is 1.06 bits per heavy atom. The minimum absolute atomic E-state index is 0.0352. The van der Waals surface area contributed by atoms with Crippen LogP contribution in [-0.2, 0) is 25.4 Å². The van der Waals surface area contributed by atoms with Gasteiger partial charge in [-0.1, -0.05) is 43.7 Å². The quantitative estimate of drug-likeness (QED) is 0.0941. The molecule has 0 saturated heterocycles. The molecule has 0 bridgehead atoms. The first-order valence-electron chi connectivity index (χ1n) is 12.8. The van der Waals surface area contributed by atoms with Crippen molar-refractivity contribution in [3.8, 4) is 5.75 Å². The standard InChI is InChI=1S/C30H47NO5/c1-9-36-30(32)23(4)14-12-10-11-13-21(2)15-24(5)29(35-8)28(34-7)17-22(3)16-25-18-26(31)20-27(19-25)33-6/h11,13-15,18-20,22,24,28-29H,9-10,12,16-17,31H2,1-8H3/b13-11+,21-15+,23-14+/t22-,24+,28+,29-/m1/s1. The molecule has 0 aliphatic heterocycles. The number of unbranched alkanes of at least 4 members (excludes halogenated alkanes) is 1. The van der Waals surface area contributed by atoms with Crippen LogP contribution in [0.3, 0.4) is 0 Å². The number of rotatable bonds is 16. The van der Waals surface area contributed by atoms with Gasteiger partial charge in [0.2, 0.25) is 0 Å². The van der Waals surface area contributed by atoms with Crippen molar-refractivity contribution < 1.29 is 23.7 Å². The maximum atomic E-state index is 11.7. The third-order valence-electron chi connectivity index (χ3n) is 6.19. The lowest BCUT2D eigenvalue weighted by molar-refractivity contribution is -0.138. The van der Waals surface area contributed by atoms with Gasteiger partial charge in [0.15, 0.2) is 0 Å². The van der Waals surface area contributed by atoms with Crippen molar-refractivity contribution in [3.63, 3.8) is 0 Å². The summed E-state index contributed by atoms with van der Waals surface area (Å²) in [4.78, 5) is 11.7. The third kappa shape index (κ3) is 11.4. The number of hydrogen-bond acceptors (Lipinski definition) is 6. The summed E-state index contributed by atoms with van der Waals surface area (Å²) in [7, 11) is 5.15. The van der Waals surface area contributed by atoms with E-state index in [2.05, 4.69) is 39.0 Å². The molecular weight excluding hydrogens is 454 g/mol. The number of allylic oxidation sites excluding steroid dienone is 4. The van der Waals surface area contributed by atoms with Gasteiger partial charge in [0.1, 0.15) is 5.75 Å². The van der Waals surface area contributed by atoms with Crippen LogP contribution in [0.1, 0.15) is 59.4 Å². The maximum Gasteiger partial charge on any atom is 0.333 e. The fraction of sp³-hybridized carbons (Fsp3) is 0.567. The summed E-state index contributed by atoms with van der Waals surface area (Å²) in [6.07, 6.45) is 11.7. The van der Waals surface area contributed by atoms with E-state index >= 15 is 0 Å². The van der Waals surface area contributed by atoms with E-state index in [4.69, 9.17) is 24.7 Å². The predicted molar refractivity (Wildman–Crippen MR) is 148 cm³/mol. The van der Waals surface area contributed by atoms with Crippen molar-refractivity contribution in [2.45, 2.75) is 72.5 Å². The summed E-state index contributed by atoms with van der Waals surface area (Å²) >= 11 is 0. The normalized spacial score (nSPS) is 16.0. The molecule has 0 radical (unpaired) electrons. The molecule has 0 saturated carbocycles. The number of hydrogen-bond donors (Lipinski definition) is 1. The largest absolute Gasteiger partial charge is 0.497 e. The molecule has 0 aromatic heterocycles. The molecule has 0 unspecified atom stereocenters. The number of nitrogen functional groups attached to an aromatic ring is 1. The molecule has 0 heterocycles. The monoisotopic (exact) mass is 501 g/mol. The average molecular weight is 502 g/mol. The van der Waals surface area contributed by atoms with E-state index in [1.807, 2.05) is 31.2 Å². The first-order valence-corrected chi connectivity index (χ1v) is 12.8. The van der Waals surface area contributed by atoms with Gasteiger partial charge < -0.3 is 24.7 Å². The van der Waals surface area contributed by atoms with Crippen LogP contribution in [0.4, 0.5) is 5.69 Å². The molecule has 0 spiro atoms. The molecule has 0 amide bonds. The summed E-state index contributed by atoms with van der Waals surface area (Å²) in [6.45, 7) is 10.5. The highest BCUT2D eigenvalue weighted by atomic mass is 16.5. The molecule has 4 atom stereocenters. The number of methoxy groups -OCH3 is 3. The van der Waals surface area contributed by atoms with Gasteiger partial charge in [-0.05, 0) is 70.1 Å². The number of carbonyl (C=O) groups excluding carboxylic acids is 1. The molecule has 202 valence electrons. The molecule has 1 aromatic carbocycles. The number of carbonyl (C=O) groups is 1. The zero-order valence-corrected chi connectivity index (χ0v) is 23.5. The first kappa shape index (κ1) is 31.5. The Balaban J connectivity index is 2.70. The van der Waals surface area contributed by atoms with Gasteiger partial charge in [-0.2, -0.15) is 0 Å². The highest BCUT2D eigenvalue weighted by molar-refractivity contribution is 5.87. The summed E-state index contributed by atoms with van der Waals surface area (Å²) in [5.41, 5.74) is 9.72. The van der Waals surface area contributed by atoms with Crippen LogP contribution in [0.2, 0.25) is 0 Å². The minimum atomic E-state index is -0.244. The first-order chi connectivity index (χ1) is 17.1. The Kier molecular flexibility index (Phi) is 14.8. The fourth-order valence-corrected chi connectivity index (χ4v) is 4.43. The third-order valence-corrected chi connectivity index (χ3v) is 6.19. The molecule has 0 aliphatic rings. The van der Waals surface area contributed by atoms with Gasteiger partial charge in [-0.15, -0.1) is 0 Å². The molecule has 6 heteroatoms. The van der Waals surface area contributed by atoms with Crippen molar-refractivity contribution in [1.82, 2.24) is 0 Å². The molecule has 0 aliphatic carbocycles. The number of anilines is 1. The highest BCUT2D eigenvalue weighted by Gasteiger charge is 2.27. The summed E-state index contributed by atoms with van der Waals surface area (Å²) < 4.78 is 22.1. The Morgan fingerprint density at radius 2 is 1.78 bits per heavy atom. The van der Waals surface area contributed by atoms with Crippen molar-refractivity contribution in [1.29, 1.82) is 0 Å². The van der Waals surface area contributed by atoms with Crippen LogP contribution in [0.5, 0.6) is 5.75 Å². The van der Waals surface area contributed by atoms with Gasteiger partial charge in [-0.3, -0.25) is 0 Å².